The van der Waals surface area contributed by atoms with Crippen molar-refractivity contribution in [2.75, 3.05) is 20.3 Å². The van der Waals surface area contributed by atoms with E-state index < -0.39 is 36.0 Å². The van der Waals surface area contributed by atoms with Gasteiger partial charge in [-0.2, -0.15) is 0 Å². The fourth-order valence-corrected chi connectivity index (χ4v) is 5.52. The number of fused-ring (bicyclic) bond motifs is 3. The second-order valence-corrected chi connectivity index (χ2v) is 10.7. The summed E-state index contributed by atoms with van der Waals surface area (Å²) in [7, 11) is 1.43. The van der Waals surface area contributed by atoms with Crippen molar-refractivity contribution in [3.63, 3.8) is 0 Å². The number of aliphatic hydroxyl groups excluding tert-OH is 2. The van der Waals surface area contributed by atoms with Crippen molar-refractivity contribution >= 4 is 41.3 Å². The molecule has 1 aliphatic heterocycles. The summed E-state index contributed by atoms with van der Waals surface area (Å²) in [5.74, 6) is -1.11. The normalized spacial score (nSPS) is 20.8. The van der Waals surface area contributed by atoms with Crippen LogP contribution in [0.25, 0.3) is 0 Å². The molecule has 4 atom stereocenters. The number of aldehydes is 1. The number of benzene rings is 2. The maximum absolute atomic E-state index is 13.5. The van der Waals surface area contributed by atoms with Gasteiger partial charge in [0.2, 0.25) is 11.8 Å². The number of allylic oxidation sites excluding steroid dienone is 1. The molecular formula is C29H30Cl2N2O7. The van der Waals surface area contributed by atoms with E-state index in [4.69, 9.17) is 32.7 Å². The van der Waals surface area contributed by atoms with Gasteiger partial charge in [0.25, 0.3) is 0 Å². The SMILES string of the molecule is COc1cc(C=O)cc2c1O[C@@H]1[C@@H](O)[C@H](N(Cc3ccc(Cl)cc3Cl)C(=O)C=C(C)C)C=C(C(=O)NCCO)[C@H]21. The average Bonchev–Trinajstić information content (AvgIpc) is 3.31. The Morgan fingerprint density at radius 2 is 1.95 bits per heavy atom. The van der Waals surface area contributed by atoms with Crippen LogP contribution >= 0.6 is 23.2 Å². The summed E-state index contributed by atoms with van der Waals surface area (Å²) >= 11 is 12.5. The molecule has 3 N–H and O–H groups in total. The highest BCUT2D eigenvalue weighted by Crippen LogP contribution is 2.51. The van der Waals surface area contributed by atoms with Crippen LogP contribution in [0.1, 0.15) is 41.3 Å². The highest BCUT2D eigenvalue weighted by molar-refractivity contribution is 6.35. The first-order chi connectivity index (χ1) is 19.1. The van der Waals surface area contributed by atoms with E-state index in [1.165, 1.54) is 30.2 Å². The van der Waals surface area contributed by atoms with E-state index >= 15 is 0 Å². The minimum atomic E-state index is -1.28. The lowest BCUT2D eigenvalue weighted by Crippen LogP contribution is -2.55. The molecule has 0 spiro atoms. The fraction of sp³-hybridized carbons (Fsp3) is 0.345. The van der Waals surface area contributed by atoms with Crippen LogP contribution in [0.2, 0.25) is 10.0 Å². The molecule has 2 aromatic carbocycles. The highest BCUT2D eigenvalue weighted by atomic mass is 35.5. The van der Waals surface area contributed by atoms with Gasteiger partial charge in [0.15, 0.2) is 11.5 Å². The molecule has 0 aromatic heterocycles. The van der Waals surface area contributed by atoms with Gasteiger partial charge < -0.3 is 29.9 Å². The van der Waals surface area contributed by atoms with Crippen LogP contribution in [0.3, 0.4) is 0 Å². The first kappa shape index (κ1) is 29.6. The van der Waals surface area contributed by atoms with Crippen molar-refractivity contribution in [2.45, 2.75) is 44.6 Å². The van der Waals surface area contributed by atoms with E-state index in [1.54, 1.807) is 38.1 Å². The van der Waals surface area contributed by atoms with Crippen molar-refractivity contribution in [2.24, 2.45) is 0 Å². The predicted octanol–water partition coefficient (Wildman–Crippen LogP) is 3.43. The van der Waals surface area contributed by atoms with Crippen molar-refractivity contribution in [1.29, 1.82) is 0 Å². The third-order valence-electron chi connectivity index (χ3n) is 6.82. The summed E-state index contributed by atoms with van der Waals surface area (Å²) in [6.45, 7) is 3.26. The van der Waals surface area contributed by atoms with E-state index in [1.807, 2.05) is 0 Å². The molecule has 4 rings (SSSR count). The molecule has 0 fully saturated rings. The molecule has 2 aliphatic rings. The number of nitrogens with one attached hydrogen (secondary N) is 1. The van der Waals surface area contributed by atoms with E-state index in [9.17, 15) is 24.6 Å². The zero-order chi connectivity index (χ0) is 29.1. The molecule has 0 bridgehead atoms. The number of carbonyl (C=O) groups is 3. The van der Waals surface area contributed by atoms with Gasteiger partial charge in [-0.1, -0.05) is 34.8 Å². The molecule has 1 heterocycles. The lowest BCUT2D eigenvalue weighted by atomic mass is 9.77. The topological polar surface area (TPSA) is 125 Å². The Kier molecular flexibility index (Phi) is 9.20. The molecule has 1 aliphatic carbocycles. The Hall–Kier alpha value is -3.37. The molecule has 9 nitrogen and oxygen atoms in total. The number of carbonyl (C=O) groups excluding carboxylic acids is 3. The summed E-state index contributed by atoms with van der Waals surface area (Å²) in [4.78, 5) is 40.0. The zero-order valence-electron chi connectivity index (χ0n) is 22.2. The molecular weight excluding hydrogens is 559 g/mol. The summed E-state index contributed by atoms with van der Waals surface area (Å²) in [6, 6.07) is 7.00. The summed E-state index contributed by atoms with van der Waals surface area (Å²) < 4.78 is 11.6. The average molecular weight is 589 g/mol. The standard InChI is InChI=1S/C29H30Cl2N2O7/c1-15(2)8-24(36)33(13-17-4-5-18(30)11-21(17)31)22-12-20(29(38)32-6-7-34)25-19-9-16(14-35)10-23(39-3)27(19)40-28(25)26(22)37/h4-5,8-12,14,22,25-26,28,34,37H,6-7,13H2,1-3H3,(H,32,38)/t22-,25+,26+,28+/m1/s1. The summed E-state index contributed by atoms with van der Waals surface area (Å²) in [5.41, 5.74) is 2.35. The number of hydrogen-bond donors (Lipinski definition) is 3. The second-order valence-electron chi connectivity index (χ2n) is 9.83. The smallest absolute Gasteiger partial charge is 0.247 e. The fourth-order valence-electron chi connectivity index (χ4n) is 5.05. The van der Waals surface area contributed by atoms with Gasteiger partial charge in [-0.15, -0.1) is 0 Å². The Bertz CT molecular complexity index is 1390. The van der Waals surface area contributed by atoms with Crippen molar-refractivity contribution in [3.05, 3.63) is 80.4 Å². The van der Waals surface area contributed by atoms with Gasteiger partial charge in [0.1, 0.15) is 18.5 Å². The molecule has 40 heavy (non-hydrogen) atoms. The van der Waals surface area contributed by atoms with Crippen LogP contribution in [0.4, 0.5) is 0 Å². The van der Waals surface area contributed by atoms with Gasteiger partial charge in [-0.05, 0) is 49.8 Å². The van der Waals surface area contributed by atoms with Gasteiger partial charge in [0, 0.05) is 45.9 Å². The molecule has 2 aromatic rings. The number of rotatable bonds is 9. The van der Waals surface area contributed by atoms with Gasteiger partial charge in [-0.25, -0.2) is 0 Å². The van der Waals surface area contributed by atoms with Crippen molar-refractivity contribution in [3.8, 4) is 11.5 Å². The number of methoxy groups -OCH3 is 1. The van der Waals surface area contributed by atoms with Gasteiger partial charge >= 0.3 is 0 Å². The maximum Gasteiger partial charge on any atom is 0.247 e. The second kappa shape index (κ2) is 12.4. The van der Waals surface area contributed by atoms with Crippen molar-refractivity contribution in [1.82, 2.24) is 10.2 Å². The van der Waals surface area contributed by atoms with Crippen LogP contribution in [0.15, 0.2) is 53.6 Å². The molecule has 212 valence electrons. The lowest BCUT2D eigenvalue weighted by Gasteiger charge is -2.40. The number of hydrogen-bond acceptors (Lipinski definition) is 7. The van der Waals surface area contributed by atoms with E-state index in [0.29, 0.717) is 38.8 Å². The van der Waals surface area contributed by atoms with Gasteiger partial charge in [0.05, 0.1) is 25.7 Å². The summed E-state index contributed by atoms with van der Waals surface area (Å²) in [5, 5.41) is 24.4. The van der Waals surface area contributed by atoms with Crippen LogP contribution < -0.4 is 14.8 Å². The van der Waals surface area contributed by atoms with Crippen LogP contribution in [-0.2, 0) is 16.1 Å². The molecule has 2 amide bonds. The molecule has 0 radical (unpaired) electrons. The van der Waals surface area contributed by atoms with E-state index in [-0.39, 0.29) is 31.0 Å². The number of nitrogens with zero attached hydrogens (tertiary/aromatic N) is 1. The number of amides is 2. The minimum Gasteiger partial charge on any atom is -0.493 e. The monoisotopic (exact) mass is 588 g/mol. The Morgan fingerprint density at radius 3 is 2.58 bits per heavy atom. The third-order valence-corrected chi connectivity index (χ3v) is 7.41. The largest absolute Gasteiger partial charge is 0.493 e. The zero-order valence-corrected chi connectivity index (χ0v) is 23.7. The van der Waals surface area contributed by atoms with E-state index in [2.05, 4.69) is 5.32 Å². The number of aliphatic hydroxyl groups is 2. The van der Waals surface area contributed by atoms with Crippen LogP contribution in [0, 0.1) is 0 Å². The number of ether oxygens (including phenoxy) is 2. The first-order valence-electron chi connectivity index (χ1n) is 12.6. The summed E-state index contributed by atoms with van der Waals surface area (Å²) in [6.07, 6.45) is 1.36. The predicted molar refractivity (Wildman–Crippen MR) is 150 cm³/mol. The highest BCUT2D eigenvalue weighted by Gasteiger charge is 2.51. The Morgan fingerprint density at radius 1 is 1.20 bits per heavy atom. The maximum atomic E-state index is 13.5. The van der Waals surface area contributed by atoms with Crippen molar-refractivity contribution < 1.29 is 34.1 Å². The minimum absolute atomic E-state index is 0.00529. The Labute approximate surface area is 242 Å². The molecule has 0 saturated heterocycles. The third kappa shape index (κ3) is 5.88. The first-order valence-corrected chi connectivity index (χ1v) is 13.4. The van der Waals surface area contributed by atoms with E-state index in [0.717, 1.165) is 5.57 Å². The molecule has 0 saturated carbocycles. The Balaban J connectivity index is 1.86. The molecule has 0 unspecified atom stereocenters. The lowest BCUT2D eigenvalue weighted by molar-refractivity contribution is -0.133. The number of halogens is 2. The van der Waals surface area contributed by atoms with Crippen LogP contribution in [-0.4, -0.2) is 71.7 Å². The molecule has 11 heteroatoms. The van der Waals surface area contributed by atoms with Gasteiger partial charge in [-0.3, -0.25) is 14.4 Å². The quantitative estimate of drug-likeness (QED) is 0.302. The van der Waals surface area contributed by atoms with Crippen LogP contribution in [0.5, 0.6) is 11.5 Å².